The summed E-state index contributed by atoms with van der Waals surface area (Å²) in [6.07, 6.45) is -0.565. The van der Waals surface area contributed by atoms with Crippen molar-refractivity contribution in [3.8, 4) is 0 Å². The van der Waals surface area contributed by atoms with Gasteiger partial charge in [0.1, 0.15) is 0 Å². The summed E-state index contributed by atoms with van der Waals surface area (Å²) in [6, 6.07) is 0. The Kier molecular flexibility index (Phi) is 6.96. The molecule has 0 aromatic heterocycles. The van der Waals surface area contributed by atoms with Crippen molar-refractivity contribution in [3.63, 3.8) is 0 Å². The molecule has 0 saturated carbocycles. The van der Waals surface area contributed by atoms with Crippen molar-refractivity contribution in [2.45, 2.75) is 25.4 Å². The summed E-state index contributed by atoms with van der Waals surface area (Å²) >= 11 is 0. The number of alkyl halides is 3. The van der Waals surface area contributed by atoms with Gasteiger partial charge in [-0.15, -0.1) is 0 Å². The maximum atomic E-state index is 12.2. The molecule has 0 bridgehead atoms. The summed E-state index contributed by atoms with van der Waals surface area (Å²) in [7, 11) is 1.94. The fourth-order valence-electron chi connectivity index (χ4n) is 2.24. The average Bonchev–Trinajstić information content (AvgIpc) is 2.29. The average molecular weight is 267 g/mol. The van der Waals surface area contributed by atoms with Crippen LogP contribution in [0.5, 0.6) is 0 Å². The summed E-state index contributed by atoms with van der Waals surface area (Å²) in [6.45, 7) is 3.90. The number of unbranched alkanes of at least 4 members (excludes halogenated alkanes) is 2. The van der Waals surface area contributed by atoms with Crippen molar-refractivity contribution in [2.24, 2.45) is 0 Å². The minimum absolute atomic E-state index is 0.538. The first-order chi connectivity index (χ1) is 8.51. The molecule has 108 valence electrons. The molecule has 0 unspecified atom stereocenters. The molecule has 3 nitrogen and oxygen atoms in total. The van der Waals surface area contributed by atoms with Crippen molar-refractivity contribution in [2.75, 3.05) is 52.9 Å². The molecule has 0 spiro atoms. The highest BCUT2D eigenvalue weighted by molar-refractivity contribution is 4.73. The lowest BCUT2D eigenvalue weighted by Gasteiger charge is -2.34. The van der Waals surface area contributed by atoms with Gasteiger partial charge in [-0.25, -0.2) is 0 Å². The number of hydrogen-bond donors (Lipinski definition) is 1. The molecule has 1 aliphatic rings. The molecule has 1 heterocycles. The lowest BCUT2D eigenvalue weighted by atomic mass is 10.2. The van der Waals surface area contributed by atoms with E-state index in [9.17, 15) is 13.2 Å². The van der Waals surface area contributed by atoms with Crippen LogP contribution in [0.3, 0.4) is 0 Å². The van der Waals surface area contributed by atoms with Gasteiger partial charge >= 0.3 is 6.18 Å². The highest BCUT2D eigenvalue weighted by atomic mass is 19.4. The quantitative estimate of drug-likeness (QED) is 0.706. The lowest BCUT2D eigenvalue weighted by Crippen LogP contribution is -2.49. The summed E-state index contributed by atoms with van der Waals surface area (Å²) in [4.78, 5) is 3.77. The van der Waals surface area contributed by atoms with E-state index in [-0.39, 0.29) is 0 Å². The first-order valence-electron chi connectivity index (χ1n) is 6.67. The molecule has 18 heavy (non-hydrogen) atoms. The predicted molar refractivity (Wildman–Crippen MR) is 66.7 cm³/mol. The number of rotatable bonds is 7. The molecular weight excluding hydrogens is 243 g/mol. The third-order valence-electron chi connectivity index (χ3n) is 3.27. The van der Waals surface area contributed by atoms with Crippen LogP contribution in [0, 0.1) is 0 Å². The summed E-state index contributed by atoms with van der Waals surface area (Å²) in [5.74, 6) is 0. The molecule has 1 saturated heterocycles. The van der Waals surface area contributed by atoms with Gasteiger partial charge in [-0.2, -0.15) is 13.2 Å². The Hall–Kier alpha value is -0.330. The normalized spacial score (nSPS) is 19.3. The standard InChI is InChI=1S/C12H24F3N3/c1-16-5-3-2-4-6-17-7-9-18(10-8-17)11-12(13,14)15/h16H,2-11H2,1H3. The molecular formula is C12H24F3N3. The smallest absolute Gasteiger partial charge is 0.320 e. The number of nitrogens with zero attached hydrogens (tertiary/aromatic N) is 2. The van der Waals surface area contributed by atoms with Gasteiger partial charge in [-0.1, -0.05) is 6.42 Å². The van der Waals surface area contributed by atoms with Crippen molar-refractivity contribution in [3.05, 3.63) is 0 Å². The van der Waals surface area contributed by atoms with E-state index in [1.165, 1.54) is 17.7 Å². The van der Waals surface area contributed by atoms with Crippen LogP contribution in [0.25, 0.3) is 0 Å². The second-order valence-corrected chi connectivity index (χ2v) is 4.90. The van der Waals surface area contributed by atoms with Crippen LogP contribution in [0.15, 0.2) is 0 Å². The maximum Gasteiger partial charge on any atom is 0.401 e. The van der Waals surface area contributed by atoms with Crippen LogP contribution >= 0.6 is 0 Å². The van der Waals surface area contributed by atoms with E-state index in [2.05, 4.69) is 10.2 Å². The molecule has 0 radical (unpaired) electrons. The fraction of sp³-hybridized carbons (Fsp3) is 1.00. The van der Waals surface area contributed by atoms with Crippen molar-refractivity contribution >= 4 is 0 Å². The number of halogens is 3. The van der Waals surface area contributed by atoms with Gasteiger partial charge in [-0.05, 0) is 33.0 Å². The third kappa shape index (κ3) is 7.18. The second-order valence-electron chi connectivity index (χ2n) is 4.90. The highest BCUT2D eigenvalue weighted by Crippen LogP contribution is 2.17. The van der Waals surface area contributed by atoms with Gasteiger partial charge in [0.25, 0.3) is 0 Å². The van der Waals surface area contributed by atoms with Crippen LogP contribution < -0.4 is 5.32 Å². The SMILES string of the molecule is CNCCCCCN1CCN(CC(F)(F)F)CC1. The molecule has 1 rings (SSSR count). The Balaban J connectivity index is 2.05. The van der Waals surface area contributed by atoms with Gasteiger partial charge in [0.2, 0.25) is 0 Å². The van der Waals surface area contributed by atoms with Crippen LogP contribution in [0.1, 0.15) is 19.3 Å². The van der Waals surface area contributed by atoms with E-state index in [4.69, 9.17) is 0 Å². The van der Waals surface area contributed by atoms with Crippen LogP contribution in [0.2, 0.25) is 0 Å². The van der Waals surface area contributed by atoms with E-state index in [1.807, 2.05) is 7.05 Å². The Labute approximate surface area is 107 Å². The van der Waals surface area contributed by atoms with Crippen LogP contribution in [0.4, 0.5) is 13.2 Å². The Morgan fingerprint density at radius 2 is 1.56 bits per heavy atom. The Bertz CT molecular complexity index is 213. The Morgan fingerprint density at radius 3 is 2.11 bits per heavy atom. The molecule has 0 aromatic rings. The molecule has 0 aromatic carbocycles. The first kappa shape index (κ1) is 15.7. The fourth-order valence-corrected chi connectivity index (χ4v) is 2.24. The van der Waals surface area contributed by atoms with Gasteiger partial charge in [-0.3, -0.25) is 4.90 Å². The highest BCUT2D eigenvalue weighted by Gasteiger charge is 2.31. The van der Waals surface area contributed by atoms with Crippen molar-refractivity contribution < 1.29 is 13.2 Å². The number of hydrogen-bond acceptors (Lipinski definition) is 3. The third-order valence-corrected chi connectivity index (χ3v) is 3.27. The van der Waals surface area contributed by atoms with E-state index in [0.717, 1.165) is 32.6 Å². The predicted octanol–water partition coefficient (Wildman–Crippen LogP) is 1.56. The van der Waals surface area contributed by atoms with E-state index >= 15 is 0 Å². The van der Waals surface area contributed by atoms with E-state index < -0.39 is 12.7 Å². The van der Waals surface area contributed by atoms with Gasteiger partial charge < -0.3 is 10.2 Å². The first-order valence-corrected chi connectivity index (χ1v) is 6.67. The largest absolute Gasteiger partial charge is 0.401 e. The molecule has 0 aliphatic carbocycles. The molecule has 6 heteroatoms. The van der Waals surface area contributed by atoms with Gasteiger partial charge in [0.15, 0.2) is 0 Å². The van der Waals surface area contributed by atoms with Crippen molar-refractivity contribution in [1.82, 2.24) is 15.1 Å². The molecule has 1 aliphatic heterocycles. The minimum Gasteiger partial charge on any atom is -0.320 e. The number of nitrogens with one attached hydrogen (secondary N) is 1. The van der Waals surface area contributed by atoms with E-state index in [1.54, 1.807) is 0 Å². The summed E-state index contributed by atoms with van der Waals surface area (Å²) in [5.41, 5.74) is 0. The van der Waals surface area contributed by atoms with Crippen LogP contribution in [-0.2, 0) is 0 Å². The zero-order valence-electron chi connectivity index (χ0n) is 11.1. The zero-order valence-corrected chi connectivity index (χ0v) is 11.1. The second kappa shape index (κ2) is 7.96. The minimum atomic E-state index is -4.06. The summed E-state index contributed by atoms with van der Waals surface area (Å²) < 4.78 is 36.6. The molecule has 0 atom stereocenters. The Morgan fingerprint density at radius 1 is 0.944 bits per heavy atom. The zero-order chi connectivity index (χ0) is 13.4. The topological polar surface area (TPSA) is 18.5 Å². The van der Waals surface area contributed by atoms with Crippen molar-refractivity contribution in [1.29, 1.82) is 0 Å². The van der Waals surface area contributed by atoms with Crippen LogP contribution in [-0.4, -0.2) is 68.8 Å². The number of piperazine rings is 1. The lowest BCUT2D eigenvalue weighted by molar-refractivity contribution is -0.149. The molecule has 1 N–H and O–H groups in total. The van der Waals surface area contributed by atoms with Gasteiger partial charge in [0.05, 0.1) is 6.54 Å². The summed E-state index contributed by atoms with van der Waals surface area (Å²) in [5, 5.41) is 3.11. The maximum absolute atomic E-state index is 12.2. The molecule has 1 fully saturated rings. The monoisotopic (exact) mass is 267 g/mol. The van der Waals surface area contributed by atoms with Gasteiger partial charge in [0, 0.05) is 26.2 Å². The van der Waals surface area contributed by atoms with E-state index in [0.29, 0.717) is 13.1 Å². The molecule has 0 amide bonds.